The normalized spacial score (nSPS) is 27.6. The Bertz CT molecular complexity index is 743. The van der Waals surface area contributed by atoms with E-state index in [1.807, 2.05) is 13.8 Å². The van der Waals surface area contributed by atoms with Crippen molar-refractivity contribution >= 4 is 17.7 Å². The van der Waals surface area contributed by atoms with Gasteiger partial charge in [-0.05, 0) is 50.7 Å². The zero-order valence-corrected chi connectivity index (χ0v) is 17.9. The van der Waals surface area contributed by atoms with Crippen LogP contribution in [0.3, 0.4) is 0 Å². The van der Waals surface area contributed by atoms with E-state index in [0.717, 1.165) is 12.8 Å². The third kappa shape index (κ3) is 3.55. The molecule has 0 radical (unpaired) electrons. The Morgan fingerprint density at radius 3 is 2.62 bits per heavy atom. The van der Waals surface area contributed by atoms with Crippen LogP contribution in [0.15, 0.2) is 22.8 Å². The molecule has 7 heteroatoms. The van der Waals surface area contributed by atoms with Gasteiger partial charge in [0, 0.05) is 26.6 Å². The second-order valence-electron chi connectivity index (χ2n) is 8.32. The van der Waals surface area contributed by atoms with Crippen LogP contribution in [0.2, 0.25) is 0 Å². The van der Waals surface area contributed by atoms with Crippen LogP contribution in [0.4, 0.5) is 0 Å². The average molecular weight is 404 g/mol. The Morgan fingerprint density at radius 2 is 2.03 bits per heavy atom. The van der Waals surface area contributed by atoms with Gasteiger partial charge in [-0.3, -0.25) is 14.4 Å². The van der Waals surface area contributed by atoms with Gasteiger partial charge in [-0.1, -0.05) is 13.8 Å². The molecule has 2 fully saturated rings. The van der Waals surface area contributed by atoms with Crippen LogP contribution in [0.5, 0.6) is 0 Å². The minimum absolute atomic E-state index is 0.0496. The van der Waals surface area contributed by atoms with Crippen LogP contribution in [0.25, 0.3) is 0 Å². The smallest absolute Gasteiger partial charge is 0.248 e. The van der Waals surface area contributed by atoms with Crippen molar-refractivity contribution in [1.29, 1.82) is 0 Å². The van der Waals surface area contributed by atoms with Gasteiger partial charge >= 0.3 is 0 Å². The van der Waals surface area contributed by atoms with Crippen molar-refractivity contribution in [1.82, 2.24) is 15.1 Å². The molecular weight excluding hydrogens is 370 g/mol. The number of nitrogens with zero attached hydrogens (tertiary/aromatic N) is 2. The standard InChI is InChI=1S/C22H33N3O4/c1-5-15(6-2)20(27)25-18(17-10-9-13-29-17)16(19(26)23-3)14-22(25)11-7-8-12-24(4)21(22)28/h9-10,13,15-16,18H,5-8,11-12,14H2,1-4H3,(H,23,26)/t16-,18+,22-/m0/s1. The molecule has 1 aromatic rings. The van der Waals surface area contributed by atoms with E-state index in [4.69, 9.17) is 4.42 Å². The Morgan fingerprint density at radius 1 is 1.31 bits per heavy atom. The molecule has 0 unspecified atom stereocenters. The lowest BCUT2D eigenvalue weighted by atomic mass is 9.85. The maximum atomic E-state index is 13.8. The molecule has 0 bridgehead atoms. The predicted octanol–water partition coefficient (Wildman–Crippen LogP) is 2.73. The molecule has 29 heavy (non-hydrogen) atoms. The fourth-order valence-corrected chi connectivity index (χ4v) is 5.15. The van der Waals surface area contributed by atoms with E-state index in [2.05, 4.69) is 5.32 Å². The van der Waals surface area contributed by atoms with Crippen molar-refractivity contribution in [2.45, 2.75) is 64.0 Å². The van der Waals surface area contributed by atoms with Crippen molar-refractivity contribution in [2.75, 3.05) is 20.6 Å². The number of furan rings is 1. The summed E-state index contributed by atoms with van der Waals surface area (Å²) in [5.74, 6) is -0.419. The number of hydrogen-bond acceptors (Lipinski definition) is 4. The molecule has 1 spiro atoms. The Labute approximate surface area is 172 Å². The molecule has 0 aliphatic carbocycles. The van der Waals surface area contributed by atoms with Gasteiger partial charge in [0.2, 0.25) is 17.7 Å². The summed E-state index contributed by atoms with van der Waals surface area (Å²) in [4.78, 5) is 43.8. The average Bonchev–Trinajstić information content (AvgIpc) is 3.33. The van der Waals surface area contributed by atoms with Crippen molar-refractivity contribution in [3.8, 4) is 0 Å². The van der Waals surface area contributed by atoms with Crippen LogP contribution in [0.1, 0.15) is 64.2 Å². The summed E-state index contributed by atoms with van der Waals surface area (Å²) in [7, 11) is 3.39. The van der Waals surface area contributed by atoms with Gasteiger partial charge in [0.1, 0.15) is 17.3 Å². The first-order valence-corrected chi connectivity index (χ1v) is 10.7. The highest BCUT2D eigenvalue weighted by Crippen LogP contribution is 2.51. The van der Waals surface area contributed by atoms with E-state index >= 15 is 0 Å². The molecule has 3 amide bonds. The highest BCUT2D eigenvalue weighted by Gasteiger charge is 2.61. The zero-order chi connectivity index (χ0) is 21.2. The first-order valence-electron chi connectivity index (χ1n) is 10.7. The molecule has 7 nitrogen and oxygen atoms in total. The lowest BCUT2D eigenvalue weighted by molar-refractivity contribution is -0.155. The number of carbonyl (C=O) groups is 3. The van der Waals surface area contributed by atoms with Gasteiger partial charge in [-0.15, -0.1) is 0 Å². The van der Waals surface area contributed by atoms with E-state index in [1.165, 1.54) is 0 Å². The monoisotopic (exact) mass is 403 g/mol. The van der Waals surface area contributed by atoms with Crippen LogP contribution in [-0.2, 0) is 14.4 Å². The van der Waals surface area contributed by atoms with Gasteiger partial charge in [-0.2, -0.15) is 0 Å². The molecule has 160 valence electrons. The second kappa shape index (κ2) is 8.59. The van der Waals surface area contributed by atoms with E-state index in [-0.39, 0.29) is 23.6 Å². The number of hydrogen-bond donors (Lipinski definition) is 1. The lowest BCUT2D eigenvalue weighted by Gasteiger charge is -2.41. The summed E-state index contributed by atoms with van der Waals surface area (Å²) in [5.41, 5.74) is -1.00. The van der Waals surface area contributed by atoms with E-state index in [1.54, 1.807) is 42.3 Å². The highest BCUT2D eigenvalue weighted by molar-refractivity contribution is 5.95. The summed E-state index contributed by atoms with van der Waals surface area (Å²) in [6.07, 6.45) is 5.59. The number of likely N-dealkylation sites (tertiary alicyclic amines) is 2. The van der Waals surface area contributed by atoms with Crippen LogP contribution in [-0.4, -0.2) is 53.7 Å². The highest BCUT2D eigenvalue weighted by atomic mass is 16.3. The SMILES string of the molecule is CCC(CC)C(=O)N1[C@@H](c2ccco2)[C@@H](C(=O)NC)C[C@]12CCCCN(C)C2=O. The first-order chi connectivity index (χ1) is 13.9. The summed E-state index contributed by atoms with van der Waals surface area (Å²) in [6, 6.07) is 2.99. The number of amides is 3. The van der Waals surface area contributed by atoms with E-state index < -0.39 is 17.5 Å². The molecule has 3 heterocycles. The maximum Gasteiger partial charge on any atom is 0.248 e. The molecule has 3 atom stereocenters. The van der Waals surface area contributed by atoms with E-state index in [9.17, 15) is 14.4 Å². The van der Waals surface area contributed by atoms with Gasteiger partial charge in [0.05, 0.1) is 12.2 Å². The molecular formula is C22H33N3O4. The topological polar surface area (TPSA) is 82.9 Å². The molecule has 0 aromatic carbocycles. The summed E-state index contributed by atoms with van der Waals surface area (Å²) in [6.45, 7) is 4.66. The molecule has 2 saturated heterocycles. The zero-order valence-electron chi connectivity index (χ0n) is 17.9. The van der Waals surface area contributed by atoms with Gasteiger partial charge in [0.15, 0.2) is 0 Å². The lowest BCUT2D eigenvalue weighted by Crippen LogP contribution is -2.58. The Balaban J connectivity index is 2.18. The maximum absolute atomic E-state index is 13.8. The molecule has 1 aromatic heterocycles. The molecule has 0 saturated carbocycles. The van der Waals surface area contributed by atoms with Crippen LogP contribution >= 0.6 is 0 Å². The fourth-order valence-electron chi connectivity index (χ4n) is 5.15. The Hall–Kier alpha value is -2.31. The van der Waals surface area contributed by atoms with E-state index in [0.29, 0.717) is 38.0 Å². The number of rotatable bonds is 5. The molecule has 3 rings (SSSR count). The van der Waals surface area contributed by atoms with Crippen molar-refractivity contribution in [3.05, 3.63) is 24.2 Å². The fraction of sp³-hybridized carbons (Fsp3) is 0.682. The van der Waals surface area contributed by atoms with Crippen LogP contribution < -0.4 is 5.32 Å². The third-order valence-corrected chi connectivity index (χ3v) is 6.75. The summed E-state index contributed by atoms with van der Waals surface area (Å²) in [5, 5.41) is 2.74. The third-order valence-electron chi connectivity index (χ3n) is 6.75. The number of likely N-dealkylation sites (N-methyl/N-ethyl adjacent to an activating group) is 1. The van der Waals surface area contributed by atoms with Gasteiger partial charge < -0.3 is 19.5 Å². The first kappa shape index (κ1) is 21.4. The summed E-state index contributed by atoms with van der Waals surface area (Å²) >= 11 is 0. The van der Waals surface area contributed by atoms with Crippen molar-refractivity contribution in [2.24, 2.45) is 11.8 Å². The quantitative estimate of drug-likeness (QED) is 0.819. The minimum atomic E-state index is -1.00. The number of nitrogens with one attached hydrogen (secondary N) is 1. The Kier molecular flexibility index (Phi) is 6.34. The molecule has 2 aliphatic rings. The van der Waals surface area contributed by atoms with Crippen LogP contribution in [0, 0.1) is 11.8 Å². The minimum Gasteiger partial charge on any atom is -0.467 e. The predicted molar refractivity (Wildman–Crippen MR) is 109 cm³/mol. The second-order valence-corrected chi connectivity index (χ2v) is 8.32. The largest absolute Gasteiger partial charge is 0.467 e. The molecule has 1 N–H and O–H groups in total. The van der Waals surface area contributed by atoms with Crippen molar-refractivity contribution in [3.63, 3.8) is 0 Å². The summed E-state index contributed by atoms with van der Waals surface area (Å²) < 4.78 is 5.70. The van der Waals surface area contributed by atoms with Gasteiger partial charge in [0.25, 0.3) is 0 Å². The number of carbonyl (C=O) groups excluding carboxylic acids is 3. The molecule has 2 aliphatic heterocycles. The van der Waals surface area contributed by atoms with Gasteiger partial charge in [-0.25, -0.2) is 0 Å². The van der Waals surface area contributed by atoms with Crippen molar-refractivity contribution < 1.29 is 18.8 Å².